The second-order valence-corrected chi connectivity index (χ2v) is 5.19. The Balaban J connectivity index is 1.85. The molecule has 21 heavy (non-hydrogen) atoms. The van der Waals surface area contributed by atoms with Crippen molar-refractivity contribution in [3.63, 3.8) is 0 Å². The van der Waals surface area contributed by atoms with E-state index in [9.17, 15) is 0 Å². The number of hydrogen-bond acceptors (Lipinski definition) is 7. The maximum atomic E-state index is 5.48. The van der Waals surface area contributed by atoms with Crippen molar-refractivity contribution in [3.8, 4) is 6.01 Å². The topological polar surface area (TPSA) is 75.2 Å². The van der Waals surface area contributed by atoms with E-state index in [0.29, 0.717) is 24.5 Å². The Morgan fingerprint density at radius 1 is 1.10 bits per heavy atom. The highest BCUT2D eigenvalue weighted by Gasteiger charge is 2.10. The van der Waals surface area contributed by atoms with Gasteiger partial charge in [-0.15, -0.1) is 0 Å². The lowest BCUT2D eigenvalue weighted by molar-refractivity contribution is 0.237. The third-order valence-corrected chi connectivity index (χ3v) is 3.43. The normalized spacial score (nSPS) is 15.7. The van der Waals surface area contributed by atoms with Gasteiger partial charge in [0.1, 0.15) is 0 Å². The highest BCUT2D eigenvalue weighted by molar-refractivity contribution is 5.35. The molecule has 0 radical (unpaired) electrons. The third kappa shape index (κ3) is 5.34. The van der Waals surface area contributed by atoms with E-state index in [-0.39, 0.29) is 0 Å². The molecule has 2 heterocycles. The van der Waals surface area contributed by atoms with Crippen LogP contribution < -0.4 is 15.4 Å². The van der Waals surface area contributed by atoms with Crippen LogP contribution in [0.15, 0.2) is 0 Å². The van der Waals surface area contributed by atoms with E-state index in [1.807, 2.05) is 0 Å². The number of anilines is 2. The molecule has 0 spiro atoms. The first-order chi connectivity index (χ1) is 10.3. The first-order valence-electron chi connectivity index (χ1n) is 7.84. The van der Waals surface area contributed by atoms with Crippen LogP contribution in [0.25, 0.3) is 0 Å². The van der Waals surface area contributed by atoms with Gasteiger partial charge in [-0.25, -0.2) is 0 Å². The number of rotatable bonds is 8. The Hall–Kier alpha value is -1.63. The molecule has 7 nitrogen and oxygen atoms in total. The molecule has 0 amide bonds. The second-order valence-electron chi connectivity index (χ2n) is 5.19. The smallest absolute Gasteiger partial charge is 0.323 e. The molecule has 0 bridgehead atoms. The number of likely N-dealkylation sites (tertiary alicyclic amines) is 1. The lowest BCUT2D eigenvalue weighted by Gasteiger charge is -2.26. The van der Waals surface area contributed by atoms with Gasteiger partial charge in [0.2, 0.25) is 11.9 Å². The van der Waals surface area contributed by atoms with Crippen LogP contribution >= 0.6 is 0 Å². The summed E-state index contributed by atoms with van der Waals surface area (Å²) in [6.07, 6.45) is 4.91. The molecule has 7 heteroatoms. The Morgan fingerprint density at radius 3 is 2.57 bits per heavy atom. The summed E-state index contributed by atoms with van der Waals surface area (Å²) in [4.78, 5) is 15.2. The number of nitrogens with zero attached hydrogens (tertiary/aromatic N) is 4. The van der Waals surface area contributed by atoms with Crippen molar-refractivity contribution in [1.82, 2.24) is 19.9 Å². The Kier molecular flexibility index (Phi) is 6.46. The van der Waals surface area contributed by atoms with Crippen molar-refractivity contribution >= 4 is 11.9 Å². The van der Waals surface area contributed by atoms with Crippen LogP contribution in [-0.4, -0.2) is 59.7 Å². The highest BCUT2D eigenvalue weighted by atomic mass is 16.5. The van der Waals surface area contributed by atoms with Gasteiger partial charge in [0.05, 0.1) is 6.61 Å². The Morgan fingerprint density at radius 2 is 1.86 bits per heavy atom. The minimum Gasteiger partial charge on any atom is -0.463 e. The van der Waals surface area contributed by atoms with E-state index >= 15 is 0 Å². The van der Waals surface area contributed by atoms with Crippen LogP contribution in [-0.2, 0) is 0 Å². The summed E-state index contributed by atoms with van der Waals surface area (Å²) in [7, 11) is 1.79. The largest absolute Gasteiger partial charge is 0.463 e. The molecule has 1 aliphatic rings. The van der Waals surface area contributed by atoms with Gasteiger partial charge in [-0.3, -0.25) is 0 Å². The fourth-order valence-electron chi connectivity index (χ4n) is 2.31. The fraction of sp³-hybridized carbons (Fsp3) is 0.786. The number of aromatic nitrogens is 3. The average molecular weight is 294 g/mol. The van der Waals surface area contributed by atoms with E-state index in [1.54, 1.807) is 7.05 Å². The summed E-state index contributed by atoms with van der Waals surface area (Å²) >= 11 is 0. The van der Waals surface area contributed by atoms with Crippen molar-refractivity contribution in [1.29, 1.82) is 0 Å². The van der Waals surface area contributed by atoms with E-state index in [0.717, 1.165) is 19.5 Å². The summed E-state index contributed by atoms with van der Waals surface area (Å²) in [6, 6.07) is 0.372. The fourth-order valence-corrected chi connectivity index (χ4v) is 2.31. The molecule has 0 atom stereocenters. The third-order valence-electron chi connectivity index (χ3n) is 3.43. The maximum Gasteiger partial charge on any atom is 0.323 e. The number of piperidine rings is 1. The van der Waals surface area contributed by atoms with E-state index in [2.05, 4.69) is 37.4 Å². The molecule has 2 N–H and O–H groups in total. The Labute approximate surface area is 126 Å². The summed E-state index contributed by atoms with van der Waals surface area (Å²) < 4.78 is 5.48. The zero-order valence-electron chi connectivity index (χ0n) is 13.1. The van der Waals surface area contributed by atoms with Crippen LogP contribution in [0.5, 0.6) is 6.01 Å². The van der Waals surface area contributed by atoms with Crippen LogP contribution in [0.2, 0.25) is 0 Å². The highest BCUT2D eigenvalue weighted by Crippen LogP contribution is 2.11. The zero-order valence-corrected chi connectivity index (χ0v) is 13.1. The van der Waals surface area contributed by atoms with E-state index in [4.69, 9.17) is 4.74 Å². The molecule has 1 aromatic rings. The molecule has 1 fully saturated rings. The molecular formula is C14H26N6O. The van der Waals surface area contributed by atoms with Crippen molar-refractivity contribution < 1.29 is 4.74 Å². The van der Waals surface area contributed by atoms with Gasteiger partial charge < -0.3 is 20.3 Å². The monoisotopic (exact) mass is 294 g/mol. The van der Waals surface area contributed by atoms with Crippen molar-refractivity contribution in [2.75, 3.05) is 50.5 Å². The van der Waals surface area contributed by atoms with Crippen LogP contribution in [0.3, 0.4) is 0 Å². The standard InChI is InChI=1S/C14H26N6O/c1-3-11-21-14-18-12(15-2)17-13(19-14)16-7-10-20-8-5-4-6-9-20/h3-11H2,1-2H3,(H2,15,16,17,18,19). The molecule has 0 saturated carbocycles. The van der Waals surface area contributed by atoms with Gasteiger partial charge in [0.25, 0.3) is 0 Å². The minimum atomic E-state index is 0.372. The van der Waals surface area contributed by atoms with Gasteiger partial charge in [-0.1, -0.05) is 13.3 Å². The average Bonchev–Trinajstić information content (AvgIpc) is 2.53. The van der Waals surface area contributed by atoms with Gasteiger partial charge in [-0.05, 0) is 32.4 Å². The molecule has 0 unspecified atom stereocenters. The summed E-state index contributed by atoms with van der Waals surface area (Å²) in [5, 5.41) is 6.19. The first kappa shape index (κ1) is 15.8. The second kappa shape index (κ2) is 8.61. The van der Waals surface area contributed by atoms with Crippen molar-refractivity contribution in [3.05, 3.63) is 0 Å². The summed E-state index contributed by atoms with van der Waals surface area (Å²) in [6.45, 7) is 6.92. The van der Waals surface area contributed by atoms with Crippen molar-refractivity contribution in [2.24, 2.45) is 0 Å². The van der Waals surface area contributed by atoms with Crippen LogP contribution in [0.1, 0.15) is 32.6 Å². The zero-order chi connectivity index (χ0) is 14.9. The predicted molar refractivity (Wildman–Crippen MR) is 83.9 cm³/mol. The number of hydrogen-bond donors (Lipinski definition) is 2. The summed E-state index contributed by atoms with van der Waals surface area (Å²) in [5.41, 5.74) is 0. The molecular weight excluding hydrogens is 268 g/mol. The van der Waals surface area contributed by atoms with E-state index in [1.165, 1.54) is 32.4 Å². The molecule has 1 aromatic heterocycles. The van der Waals surface area contributed by atoms with E-state index < -0.39 is 0 Å². The molecule has 1 saturated heterocycles. The lowest BCUT2D eigenvalue weighted by Crippen LogP contribution is -2.33. The Bertz CT molecular complexity index is 422. The van der Waals surface area contributed by atoms with Gasteiger partial charge in [-0.2, -0.15) is 15.0 Å². The maximum absolute atomic E-state index is 5.48. The molecule has 1 aliphatic heterocycles. The minimum absolute atomic E-state index is 0.372. The molecule has 0 aromatic carbocycles. The SMILES string of the molecule is CCCOc1nc(NC)nc(NCCN2CCCCC2)n1. The van der Waals surface area contributed by atoms with Gasteiger partial charge in [0.15, 0.2) is 0 Å². The molecule has 0 aliphatic carbocycles. The number of ether oxygens (including phenoxy) is 1. The van der Waals surface area contributed by atoms with Crippen LogP contribution in [0.4, 0.5) is 11.9 Å². The van der Waals surface area contributed by atoms with Crippen LogP contribution in [0, 0.1) is 0 Å². The van der Waals surface area contributed by atoms with Gasteiger partial charge >= 0.3 is 6.01 Å². The van der Waals surface area contributed by atoms with Crippen molar-refractivity contribution in [2.45, 2.75) is 32.6 Å². The lowest BCUT2D eigenvalue weighted by atomic mass is 10.1. The molecule has 118 valence electrons. The van der Waals surface area contributed by atoms with Gasteiger partial charge in [0, 0.05) is 20.1 Å². The summed E-state index contributed by atoms with van der Waals surface area (Å²) in [5.74, 6) is 1.09. The number of nitrogens with one attached hydrogen (secondary N) is 2. The predicted octanol–water partition coefficient (Wildman–Crippen LogP) is 1.60. The first-order valence-corrected chi connectivity index (χ1v) is 7.84. The molecule has 2 rings (SSSR count). The quantitative estimate of drug-likeness (QED) is 0.754.